The predicted molar refractivity (Wildman–Crippen MR) is 267 cm³/mol. The molecular formula is C54H61N11O6. The van der Waals surface area contributed by atoms with E-state index in [4.69, 9.17) is 4.98 Å². The molecule has 4 amide bonds. The number of piperazine rings is 1. The van der Waals surface area contributed by atoms with Crippen molar-refractivity contribution in [2.75, 3.05) is 47.8 Å². The molecule has 6 aliphatic heterocycles. The number of fused-ring (bicyclic) bond motifs is 6. The van der Waals surface area contributed by atoms with Crippen molar-refractivity contribution in [1.29, 1.82) is 0 Å². The lowest BCUT2D eigenvalue weighted by molar-refractivity contribution is -0.136. The number of aromatic nitrogens is 4. The lowest BCUT2D eigenvalue weighted by Crippen LogP contribution is -2.58. The summed E-state index contributed by atoms with van der Waals surface area (Å²) in [6.45, 7) is 12.5. The number of aliphatic hydroxyl groups excluding tert-OH is 1. The molecule has 4 aromatic heterocycles. The van der Waals surface area contributed by atoms with Crippen molar-refractivity contribution in [2.24, 2.45) is 12.5 Å². The van der Waals surface area contributed by atoms with Gasteiger partial charge < -0.3 is 29.4 Å². The number of piperidine rings is 2. The van der Waals surface area contributed by atoms with E-state index >= 15 is 0 Å². The van der Waals surface area contributed by atoms with Gasteiger partial charge in [-0.25, -0.2) is 9.97 Å². The average molecular weight is 960 g/mol. The first-order valence-corrected chi connectivity index (χ1v) is 25.3. The standard InChI is InChI=1S/C54H61N11O6/c1-31-26-61(37-10-12-60-28-34-19-41-35(17-32(34)18-39(60)22-37)29-65(51(41)69)44-6-8-48(67)58-50(44)68)13-14-62(31)38-5-7-47(56-25-38)57-43-20-36(27-59(4)52(43)70)40-9-11-55-49(42(40)30-66)64-16-15-63-45(53(64)71)21-33-23-54(2,3)24-46(33)63/h5,7,9,11,17,19-21,25,27,31,37,39,44,66H,6,8,10,12-16,18,22-24,26,28-30H2,1-4H3,(H,56,57)(H,58,67,68)/t31-,37+,39-,44?/m0/s1. The van der Waals surface area contributed by atoms with Gasteiger partial charge in [-0.05, 0) is 115 Å². The number of aryl methyl sites for hydroxylation is 1. The lowest BCUT2D eigenvalue weighted by Gasteiger charge is -2.49. The number of nitrogens with zero attached hydrogens (tertiary/aromatic N) is 9. The summed E-state index contributed by atoms with van der Waals surface area (Å²) in [4.78, 5) is 85.9. The number of rotatable bonds is 8. The SMILES string of the molecule is C[C@H]1CN([C@@H]2CCN3Cc4cc5c(cc4C[C@H]3C2)CN(C2CCC(=O)NC2=O)C5=O)CCN1c1ccc(Nc2cc(-c3ccnc(N4CCn5c(cc6c5CC(C)(C)C6)C4=O)c3CO)cn(C)c2=O)nc1. The highest BCUT2D eigenvalue weighted by Gasteiger charge is 2.43. The molecule has 0 saturated carbocycles. The number of carbonyl (C=O) groups is 4. The number of amides is 4. The molecule has 12 rings (SSSR count). The quantitative estimate of drug-likeness (QED) is 0.185. The summed E-state index contributed by atoms with van der Waals surface area (Å²) < 4.78 is 3.68. The second kappa shape index (κ2) is 17.3. The van der Waals surface area contributed by atoms with E-state index in [0.717, 1.165) is 76.1 Å². The van der Waals surface area contributed by atoms with Crippen molar-refractivity contribution in [3.8, 4) is 11.1 Å². The Morgan fingerprint density at radius 3 is 2.46 bits per heavy atom. The summed E-state index contributed by atoms with van der Waals surface area (Å²) in [5.74, 6) is 0.0566. The Labute approximate surface area is 412 Å². The van der Waals surface area contributed by atoms with Crippen LogP contribution >= 0.6 is 0 Å². The van der Waals surface area contributed by atoms with Crippen molar-refractivity contribution in [1.82, 2.24) is 39.1 Å². The maximum Gasteiger partial charge on any atom is 0.276 e. The van der Waals surface area contributed by atoms with Crippen LogP contribution in [0.15, 0.2) is 65.8 Å². The van der Waals surface area contributed by atoms with Gasteiger partial charge in [0.15, 0.2) is 0 Å². The van der Waals surface area contributed by atoms with Gasteiger partial charge in [0.2, 0.25) is 11.8 Å². The molecule has 17 nitrogen and oxygen atoms in total. The van der Waals surface area contributed by atoms with Crippen molar-refractivity contribution in [3.63, 3.8) is 0 Å². The molecule has 4 atom stereocenters. The Bertz CT molecular complexity index is 3110. The first-order chi connectivity index (χ1) is 34.2. The van der Waals surface area contributed by atoms with Crippen LogP contribution in [-0.4, -0.2) is 119 Å². The Hall–Kier alpha value is -6.69. The van der Waals surface area contributed by atoms with Crippen LogP contribution in [0, 0.1) is 5.41 Å². The maximum atomic E-state index is 14.0. The fourth-order valence-electron chi connectivity index (χ4n) is 13.0. The highest BCUT2D eigenvalue weighted by atomic mass is 16.3. The zero-order valence-electron chi connectivity index (χ0n) is 40.9. The van der Waals surface area contributed by atoms with Crippen molar-refractivity contribution < 1.29 is 24.3 Å². The normalized spacial score (nSPS) is 24.1. The van der Waals surface area contributed by atoms with Crippen LogP contribution in [0.2, 0.25) is 0 Å². The number of pyridine rings is 3. The van der Waals surface area contributed by atoms with Gasteiger partial charge in [-0.1, -0.05) is 19.9 Å². The zero-order valence-corrected chi connectivity index (χ0v) is 40.9. The molecule has 1 unspecified atom stereocenters. The van der Waals surface area contributed by atoms with Gasteiger partial charge in [-0.15, -0.1) is 0 Å². The molecule has 1 aromatic carbocycles. The van der Waals surface area contributed by atoms with Crippen molar-refractivity contribution in [3.05, 3.63) is 116 Å². The van der Waals surface area contributed by atoms with Crippen LogP contribution in [0.3, 0.4) is 0 Å². The number of anilines is 4. The number of benzene rings is 1. The summed E-state index contributed by atoms with van der Waals surface area (Å²) in [7, 11) is 1.70. The molecule has 7 aliphatic rings. The fraction of sp³-hybridized carbons (Fsp3) is 0.463. The Balaban J connectivity index is 0.689. The second-order valence-corrected chi connectivity index (χ2v) is 21.8. The van der Waals surface area contributed by atoms with Crippen LogP contribution < -0.4 is 26.0 Å². The predicted octanol–water partition coefficient (Wildman–Crippen LogP) is 4.53. The minimum atomic E-state index is -0.611. The van der Waals surface area contributed by atoms with E-state index in [1.807, 2.05) is 24.4 Å². The van der Waals surface area contributed by atoms with E-state index in [2.05, 4.69) is 73.9 Å². The Morgan fingerprint density at radius 2 is 1.68 bits per heavy atom. The number of aliphatic hydroxyl groups is 1. The minimum Gasteiger partial charge on any atom is -0.392 e. The molecule has 71 heavy (non-hydrogen) atoms. The first kappa shape index (κ1) is 45.4. The number of hydrogen-bond acceptors (Lipinski definition) is 12. The van der Waals surface area contributed by atoms with Gasteiger partial charge in [-0.2, -0.15) is 0 Å². The molecular weight excluding hydrogens is 899 g/mol. The number of nitrogens with one attached hydrogen (secondary N) is 2. The molecule has 3 N–H and O–H groups in total. The number of carbonyl (C=O) groups excluding carboxylic acids is 4. The van der Waals surface area contributed by atoms with Crippen molar-refractivity contribution >= 4 is 46.6 Å². The summed E-state index contributed by atoms with van der Waals surface area (Å²) >= 11 is 0. The third kappa shape index (κ3) is 7.92. The van der Waals surface area contributed by atoms with E-state index in [-0.39, 0.29) is 53.7 Å². The first-order valence-electron chi connectivity index (χ1n) is 25.3. The molecule has 17 heteroatoms. The van der Waals surface area contributed by atoms with Crippen LogP contribution in [0.4, 0.5) is 23.0 Å². The summed E-state index contributed by atoms with van der Waals surface area (Å²) in [5, 5.41) is 16.5. The maximum absolute atomic E-state index is 14.0. The lowest BCUT2D eigenvalue weighted by atomic mass is 9.84. The van der Waals surface area contributed by atoms with Gasteiger partial charge in [0, 0.05) is 119 Å². The summed E-state index contributed by atoms with van der Waals surface area (Å²) in [6, 6.07) is 14.4. The third-order valence-electron chi connectivity index (χ3n) is 16.6. The molecule has 368 valence electrons. The van der Waals surface area contributed by atoms with Crippen molar-refractivity contribution in [2.45, 2.75) is 116 Å². The zero-order chi connectivity index (χ0) is 49.0. The molecule has 10 heterocycles. The van der Waals surface area contributed by atoms with Gasteiger partial charge in [0.05, 0.1) is 18.5 Å². The van der Waals surface area contributed by atoms with Gasteiger partial charge in [0.1, 0.15) is 29.1 Å². The minimum absolute atomic E-state index is 0.115. The molecule has 3 fully saturated rings. The molecule has 0 spiro atoms. The Morgan fingerprint density at radius 1 is 0.817 bits per heavy atom. The van der Waals surface area contributed by atoms with Gasteiger partial charge in [-0.3, -0.25) is 44.0 Å². The van der Waals surface area contributed by atoms with Crippen LogP contribution in [0.5, 0.6) is 0 Å². The number of imide groups is 1. The molecule has 3 saturated heterocycles. The topological polar surface area (TPSA) is 181 Å². The van der Waals surface area contributed by atoms with E-state index in [1.54, 1.807) is 35.3 Å². The van der Waals surface area contributed by atoms with Crippen LogP contribution in [-0.2, 0) is 62.1 Å². The molecule has 5 aromatic rings. The smallest absolute Gasteiger partial charge is 0.276 e. The summed E-state index contributed by atoms with van der Waals surface area (Å²) in [6.07, 6.45) is 10.9. The second-order valence-electron chi connectivity index (χ2n) is 21.8. The van der Waals surface area contributed by atoms with Crippen LogP contribution in [0.25, 0.3) is 11.1 Å². The van der Waals surface area contributed by atoms with Crippen LogP contribution in [0.1, 0.15) is 101 Å². The van der Waals surface area contributed by atoms with Gasteiger partial charge in [0.25, 0.3) is 17.4 Å². The molecule has 0 bridgehead atoms. The van der Waals surface area contributed by atoms with E-state index < -0.39 is 6.04 Å². The Kier molecular flexibility index (Phi) is 11.1. The average Bonchev–Trinajstić information content (AvgIpc) is 3.97. The highest BCUT2D eigenvalue weighted by Crippen LogP contribution is 2.41. The summed E-state index contributed by atoms with van der Waals surface area (Å²) in [5.41, 5.74) is 10.5. The highest BCUT2D eigenvalue weighted by molar-refractivity contribution is 6.07. The van der Waals surface area contributed by atoms with E-state index in [9.17, 15) is 29.1 Å². The molecule has 0 radical (unpaired) electrons. The monoisotopic (exact) mass is 959 g/mol. The van der Waals surface area contributed by atoms with E-state index in [1.165, 1.54) is 27.0 Å². The van der Waals surface area contributed by atoms with E-state index in [0.29, 0.717) is 83.4 Å². The third-order valence-corrected chi connectivity index (χ3v) is 16.6. The number of hydrogen-bond donors (Lipinski definition) is 3. The van der Waals surface area contributed by atoms with Gasteiger partial charge >= 0.3 is 0 Å². The fourth-order valence-corrected chi connectivity index (χ4v) is 13.0. The molecule has 1 aliphatic carbocycles. The largest absolute Gasteiger partial charge is 0.392 e.